The van der Waals surface area contributed by atoms with Crippen molar-refractivity contribution in [1.29, 1.82) is 0 Å². The third kappa shape index (κ3) is 1.60. The molecule has 2 aliphatic rings. The van der Waals surface area contributed by atoms with Crippen LogP contribution < -0.4 is 0 Å². The van der Waals surface area contributed by atoms with E-state index >= 15 is 0 Å². The van der Waals surface area contributed by atoms with Crippen LogP contribution in [0.3, 0.4) is 0 Å². The number of ether oxygens (including phenoxy) is 1. The molecule has 14 heavy (non-hydrogen) atoms. The van der Waals surface area contributed by atoms with Crippen LogP contribution in [0.1, 0.15) is 48.0 Å². The highest BCUT2D eigenvalue weighted by Gasteiger charge is 2.62. The first-order valence-corrected chi connectivity index (χ1v) is 5.87. The SMILES string of the molecule is CC(C)(C)C1CC2C(O1)C2C(C)(C)C. The molecule has 4 atom stereocenters. The molecule has 2 fully saturated rings. The Morgan fingerprint density at radius 1 is 0.929 bits per heavy atom. The van der Waals surface area contributed by atoms with Crippen molar-refractivity contribution in [2.45, 2.75) is 60.2 Å². The van der Waals surface area contributed by atoms with Crippen LogP contribution in [0, 0.1) is 22.7 Å². The fourth-order valence-corrected chi connectivity index (χ4v) is 2.99. The zero-order chi connectivity index (χ0) is 10.7. The van der Waals surface area contributed by atoms with E-state index in [-0.39, 0.29) is 0 Å². The van der Waals surface area contributed by atoms with Crippen LogP contribution in [0.5, 0.6) is 0 Å². The van der Waals surface area contributed by atoms with Crippen molar-refractivity contribution in [3.63, 3.8) is 0 Å². The minimum Gasteiger partial charge on any atom is -0.374 e. The summed E-state index contributed by atoms with van der Waals surface area (Å²) in [6, 6.07) is 0. The second-order valence-electron chi connectivity index (χ2n) is 7.25. The normalized spacial score (nSPS) is 42.4. The molecule has 0 spiro atoms. The van der Waals surface area contributed by atoms with E-state index in [1.54, 1.807) is 0 Å². The molecule has 1 nitrogen and oxygen atoms in total. The average Bonchev–Trinajstić information content (AvgIpc) is 2.46. The van der Waals surface area contributed by atoms with Gasteiger partial charge in [-0.1, -0.05) is 41.5 Å². The highest BCUT2D eigenvalue weighted by molar-refractivity contribution is 5.10. The summed E-state index contributed by atoms with van der Waals surface area (Å²) in [6.07, 6.45) is 2.37. The van der Waals surface area contributed by atoms with Crippen molar-refractivity contribution < 1.29 is 4.74 Å². The van der Waals surface area contributed by atoms with E-state index in [9.17, 15) is 0 Å². The maximum Gasteiger partial charge on any atom is 0.0648 e. The van der Waals surface area contributed by atoms with Gasteiger partial charge in [-0.3, -0.25) is 0 Å². The predicted molar refractivity (Wildman–Crippen MR) is 59.2 cm³/mol. The molecule has 1 aliphatic carbocycles. The molecule has 1 saturated carbocycles. The molecule has 0 aromatic heterocycles. The van der Waals surface area contributed by atoms with Crippen molar-refractivity contribution >= 4 is 0 Å². The van der Waals surface area contributed by atoms with Gasteiger partial charge in [-0.15, -0.1) is 0 Å². The van der Waals surface area contributed by atoms with E-state index in [0.717, 1.165) is 11.8 Å². The average molecular weight is 196 g/mol. The molecule has 0 amide bonds. The first kappa shape index (κ1) is 10.5. The summed E-state index contributed by atoms with van der Waals surface area (Å²) in [5, 5.41) is 0. The maximum atomic E-state index is 6.14. The van der Waals surface area contributed by atoms with Gasteiger partial charge >= 0.3 is 0 Å². The second-order valence-corrected chi connectivity index (χ2v) is 7.25. The van der Waals surface area contributed by atoms with Gasteiger partial charge in [-0.2, -0.15) is 0 Å². The van der Waals surface area contributed by atoms with E-state index in [1.807, 2.05) is 0 Å². The molecule has 1 heterocycles. The zero-order valence-electron chi connectivity index (χ0n) is 10.4. The van der Waals surface area contributed by atoms with Gasteiger partial charge in [-0.05, 0) is 29.1 Å². The molecule has 4 unspecified atom stereocenters. The quantitative estimate of drug-likeness (QED) is 0.576. The fourth-order valence-electron chi connectivity index (χ4n) is 2.99. The maximum absolute atomic E-state index is 6.14. The third-order valence-electron chi connectivity index (χ3n) is 3.87. The number of fused-ring (bicyclic) bond motifs is 1. The summed E-state index contributed by atoms with van der Waals surface area (Å²) < 4.78 is 6.14. The van der Waals surface area contributed by atoms with Gasteiger partial charge in [0, 0.05) is 0 Å². The van der Waals surface area contributed by atoms with Crippen LogP contribution in [-0.4, -0.2) is 12.2 Å². The summed E-state index contributed by atoms with van der Waals surface area (Å²) in [7, 11) is 0. The van der Waals surface area contributed by atoms with E-state index < -0.39 is 0 Å². The molecular formula is C13H24O. The fraction of sp³-hybridized carbons (Fsp3) is 1.00. The van der Waals surface area contributed by atoms with Crippen molar-refractivity contribution in [3.05, 3.63) is 0 Å². The predicted octanol–water partition coefficient (Wildman–Crippen LogP) is 3.48. The topological polar surface area (TPSA) is 9.23 Å². The Morgan fingerprint density at radius 2 is 1.50 bits per heavy atom. The number of rotatable bonds is 0. The molecular weight excluding hydrogens is 172 g/mol. The second kappa shape index (κ2) is 2.75. The Morgan fingerprint density at radius 3 is 1.79 bits per heavy atom. The van der Waals surface area contributed by atoms with Crippen molar-refractivity contribution in [2.24, 2.45) is 22.7 Å². The smallest absolute Gasteiger partial charge is 0.0648 e. The van der Waals surface area contributed by atoms with E-state index in [2.05, 4.69) is 41.5 Å². The molecule has 0 N–H and O–H groups in total. The van der Waals surface area contributed by atoms with Gasteiger partial charge in [0.25, 0.3) is 0 Å². The van der Waals surface area contributed by atoms with Crippen LogP contribution >= 0.6 is 0 Å². The first-order chi connectivity index (χ1) is 6.21. The van der Waals surface area contributed by atoms with E-state index in [4.69, 9.17) is 4.74 Å². The summed E-state index contributed by atoms with van der Waals surface area (Å²) in [5.41, 5.74) is 0.772. The lowest BCUT2D eigenvalue weighted by Crippen LogP contribution is -2.29. The molecule has 2 rings (SSSR count). The van der Waals surface area contributed by atoms with Gasteiger partial charge in [0.05, 0.1) is 12.2 Å². The molecule has 1 saturated heterocycles. The largest absolute Gasteiger partial charge is 0.374 e. The summed E-state index contributed by atoms with van der Waals surface area (Å²) in [5.74, 6) is 1.68. The lowest BCUT2D eigenvalue weighted by Gasteiger charge is -2.30. The highest BCUT2D eigenvalue weighted by Crippen LogP contribution is 2.61. The molecule has 0 aromatic carbocycles. The van der Waals surface area contributed by atoms with Crippen LogP contribution in [0.4, 0.5) is 0 Å². The first-order valence-electron chi connectivity index (χ1n) is 5.87. The van der Waals surface area contributed by atoms with Crippen LogP contribution in [0.25, 0.3) is 0 Å². The Kier molecular flexibility index (Phi) is 2.06. The van der Waals surface area contributed by atoms with Crippen LogP contribution in [0.2, 0.25) is 0 Å². The summed E-state index contributed by atoms with van der Waals surface area (Å²) in [6.45, 7) is 13.9. The van der Waals surface area contributed by atoms with Gasteiger partial charge in [-0.25, -0.2) is 0 Å². The number of hydrogen-bond acceptors (Lipinski definition) is 1. The Balaban J connectivity index is 1.94. The lowest BCUT2D eigenvalue weighted by molar-refractivity contribution is -0.0205. The Bertz CT molecular complexity index is 207. The molecule has 82 valence electrons. The Labute approximate surface area is 88.2 Å². The Hall–Kier alpha value is -0.0400. The van der Waals surface area contributed by atoms with Crippen molar-refractivity contribution in [3.8, 4) is 0 Å². The zero-order valence-corrected chi connectivity index (χ0v) is 10.4. The van der Waals surface area contributed by atoms with Crippen molar-refractivity contribution in [2.75, 3.05) is 0 Å². The lowest BCUT2D eigenvalue weighted by atomic mass is 9.83. The van der Waals surface area contributed by atoms with E-state index in [1.165, 1.54) is 6.42 Å². The standard InChI is InChI=1S/C13H24O/c1-12(2,3)9-7-8-10(11(8)14-9)13(4,5)6/h8-11H,7H2,1-6H3. The van der Waals surface area contributed by atoms with Gasteiger partial charge < -0.3 is 4.74 Å². The molecule has 0 radical (unpaired) electrons. The summed E-state index contributed by atoms with van der Waals surface area (Å²) >= 11 is 0. The van der Waals surface area contributed by atoms with Gasteiger partial charge in [0.2, 0.25) is 0 Å². The van der Waals surface area contributed by atoms with Crippen molar-refractivity contribution in [1.82, 2.24) is 0 Å². The number of hydrogen-bond donors (Lipinski definition) is 0. The summed E-state index contributed by atoms with van der Waals surface area (Å²) in [4.78, 5) is 0. The van der Waals surface area contributed by atoms with Crippen LogP contribution in [0.15, 0.2) is 0 Å². The monoisotopic (exact) mass is 196 g/mol. The molecule has 0 aromatic rings. The minimum atomic E-state index is 0.329. The van der Waals surface area contributed by atoms with E-state index in [0.29, 0.717) is 23.0 Å². The minimum absolute atomic E-state index is 0.329. The van der Waals surface area contributed by atoms with Crippen LogP contribution in [-0.2, 0) is 4.74 Å². The van der Waals surface area contributed by atoms with Gasteiger partial charge in [0.15, 0.2) is 0 Å². The highest BCUT2D eigenvalue weighted by atomic mass is 16.5. The van der Waals surface area contributed by atoms with Gasteiger partial charge in [0.1, 0.15) is 0 Å². The molecule has 1 heteroatoms. The molecule has 1 aliphatic heterocycles. The third-order valence-corrected chi connectivity index (χ3v) is 3.87. The molecule has 0 bridgehead atoms.